The predicted octanol–water partition coefficient (Wildman–Crippen LogP) is 3.89. The van der Waals surface area contributed by atoms with Crippen molar-refractivity contribution in [2.24, 2.45) is 11.8 Å². The maximum Gasteiger partial charge on any atom is 0.262 e. The smallest absolute Gasteiger partial charge is 0.262 e. The third-order valence-electron chi connectivity index (χ3n) is 7.49. The Balaban J connectivity index is 1.42. The second kappa shape index (κ2) is 15.0. The number of halogens is 1. The maximum atomic E-state index is 13.5. The zero-order chi connectivity index (χ0) is 29.4. The molecule has 0 unspecified atom stereocenters. The summed E-state index contributed by atoms with van der Waals surface area (Å²) in [5, 5.41) is 8.72. The quantitative estimate of drug-likeness (QED) is 0.282. The van der Waals surface area contributed by atoms with Crippen LogP contribution in [-0.2, 0) is 20.9 Å². The Labute approximate surface area is 254 Å². The number of fused-ring (bicyclic) bond motifs is 1. The fourth-order valence-electron chi connectivity index (χ4n) is 5.28. The molecule has 2 aliphatic rings. The number of nitrogens with zero attached hydrogens (tertiary/aromatic N) is 2. The fourth-order valence-corrected chi connectivity index (χ4v) is 6.53. The average molecular weight is 651 g/mol. The first-order valence-electron chi connectivity index (χ1n) is 14.2. The lowest BCUT2D eigenvalue weighted by molar-refractivity contribution is -0.131. The van der Waals surface area contributed by atoms with E-state index in [4.69, 9.17) is 9.47 Å². The number of rotatable bonds is 13. The van der Waals surface area contributed by atoms with Crippen LogP contribution in [0.3, 0.4) is 0 Å². The van der Waals surface area contributed by atoms with Gasteiger partial charge in [0.1, 0.15) is 24.4 Å². The van der Waals surface area contributed by atoms with Gasteiger partial charge in [-0.25, -0.2) is 4.98 Å². The Hall–Kier alpha value is -2.70. The molecule has 4 rings (SSSR count). The van der Waals surface area contributed by atoms with Gasteiger partial charge in [-0.1, -0.05) is 39.5 Å². The van der Waals surface area contributed by atoms with Crippen molar-refractivity contribution in [3.8, 4) is 5.88 Å². The minimum atomic E-state index is -0.723. The number of pyridine rings is 1. The molecule has 1 aliphatic heterocycles. The molecule has 224 valence electrons. The van der Waals surface area contributed by atoms with Crippen LogP contribution in [0, 0.1) is 11.8 Å². The number of amides is 3. The number of anilines is 1. The van der Waals surface area contributed by atoms with Crippen LogP contribution in [0.1, 0.15) is 60.5 Å². The lowest BCUT2D eigenvalue weighted by atomic mass is 9.96. The van der Waals surface area contributed by atoms with E-state index in [1.165, 1.54) is 11.3 Å². The lowest BCUT2D eigenvalue weighted by Gasteiger charge is -2.30. The molecule has 2 aromatic rings. The highest BCUT2D eigenvalue weighted by atomic mass is 79.9. The molecule has 3 amide bonds. The zero-order valence-electron chi connectivity index (χ0n) is 23.9. The van der Waals surface area contributed by atoms with E-state index >= 15 is 0 Å². The van der Waals surface area contributed by atoms with Gasteiger partial charge < -0.3 is 30.3 Å². The van der Waals surface area contributed by atoms with Crippen molar-refractivity contribution in [1.82, 2.24) is 20.9 Å². The highest BCUT2D eigenvalue weighted by molar-refractivity contribution is 9.10. The standard InChI is InChI=1S/C29H40BrN5O5S/c1-18(2)25(28(38)31-10-12-39-3)34-26(36)22(14-19-6-4-5-7-19)33-27(37)24-9-8-21(41-24)17-35-11-13-40-29-23(35)15-20(30)16-32-29/h8-9,15-16,18-19,22,25H,4-7,10-14,17H2,1-3H3,(H,31,38)(H,33,37)(H,34,36)/t22-,25+/m0/s1. The van der Waals surface area contributed by atoms with Gasteiger partial charge in [0.25, 0.3) is 5.91 Å². The summed E-state index contributed by atoms with van der Waals surface area (Å²) in [4.78, 5) is 47.8. The van der Waals surface area contributed by atoms with E-state index in [0.717, 1.165) is 40.7 Å². The summed E-state index contributed by atoms with van der Waals surface area (Å²) in [5.41, 5.74) is 0.907. The van der Waals surface area contributed by atoms with Crippen LogP contribution < -0.4 is 25.6 Å². The number of methoxy groups -OCH3 is 1. The molecule has 41 heavy (non-hydrogen) atoms. The summed E-state index contributed by atoms with van der Waals surface area (Å²) >= 11 is 4.89. The maximum absolute atomic E-state index is 13.5. The number of ether oxygens (including phenoxy) is 2. The summed E-state index contributed by atoms with van der Waals surface area (Å²) in [6.07, 6.45) is 6.62. The van der Waals surface area contributed by atoms with Crippen LogP contribution in [0.5, 0.6) is 5.88 Å². The van der Waals surface area contributed by atoms with Crippen molar-refractivity contribution in [2.45, 2.75) is 64.6 Å². The molecule has 0 aromatic carbocycles. The first-order valence-corrected chi connectivity index (χ1v) is 15.9. The van der Waals surface area contributed by atoms with Crippen LogP contribution in [0.4, 0.5) is 5.69 Å². The van der Waals surface area contributed by atoms with Crippen molar-refractivity contribution in [1.29, 1.82) is 0 Å². The van der Waals surface area contributed by atoms with E-state index in [2.05, 4.69) is 41.8 Å². The van der Waals surface area contributed by atoms with E-state index < -0.39 is 12.1 Å². The molecular weight excluding hydrogens is 610 g/mol. The monoisotopic (exact) mass is 649 g/mol. The largest absolute Gasteiger partial charge is 0.474 e. The Bertz CT molecular complexity index is 1200. The van der Waals surface area contributed by atoms with Crippen molar-refractivity contribution in [2.75, 3.05) is 38.3 Å². The summed E-state index contributed by atoms with van der Waals surface area (Å²) < 4.78 is 11.6. The average Bonchev–Trinajstić information content (AvgIpc) is 3.64. The number of aromatic nitrogens is 1. The van der Waals surface area contributed by atoms with Crippen LogP contribution in [0.2, 0.25) is 0 Å². The van der Waals surface area contributed by atoms with Crippen LogP contribution in [0.15, 0.2) is 28.9 Å². The van der Waals surface area contributed by atoms with Gasteiger partial charge in [-0.2, -0.15) is 0 Å². The lowest BCUT2D eigenvalue weighted by Crippen LogP contribution is -2.56. The Kier molecular flexibility index (Phi) is 11.4. The zero-order valence-corrected chi connectivity index (χ0v) is 26.3. The number of carbonyl (C=O) groups is 3. The number of thiophene rings is 1. The minimum Gasteiger partial charge on any atom is -0.474 e. The molecule has 1 aliphatic carbocycles. The summed E-state index contributed by atoms with van der Waals surface area (Å²) in [6.45, 7) is 6.40. The van der Waals surface area contributed by atoms with Gasteiger partial charge in [-0.3, -0.25) is 14.4 Å². The van der Waals surface area contributed by atoms with Gasteiger partial charge in [0, 0.05) is 29.2 Å². The fraction of sp³-hybridized carbons (Fsp3) is 0.586. The molecule has 0 saturated heterocycles. The van der Waals surface area contributed by atoms with E-state index in [9.17, 15) is 14.4 Å². The second-order valence-corrected chi connectivity index (χ2v) is 13.0. The van der Waals surface area contributed by atoms with Crippen LogP contribution in [0.25, 0.3) is 0 Å². The van der Waals surface area contributed by atoms with Gasteiger partial charge in [0.2, 0.25) is 17.7 Å². The van der Waals surface area contributed by atoms with Gasteiger partial charge in [-0.05, 0) is 52.4 Å². The van der Waals surface area contributed by atoms with Crippen molar-refractivity contribution in [3.05, 3.63) is 38.6 Å². The highest BCUT2D eigenvalue weighted by Gasteiger charge is 2.31. The van der Waals surface area contributed by atoms with Gasteiger partial charge in [0.05, 0.1) is 24.6 Å². The third-order valence-corrected chi connectivity index (χ3v) is 8.99. The number of hydrogen-bond acceptors (Lipinski definition) is 8. The number of nitrogens with one attached hydrogen (secondary N) is 3. The second-order valence-electron chi connectivity index (χ2n) is 10.9. The van der Waals surface area contributed by atoms with E-state index in [-0.39, 0.29) is 23.6 Å². The van der Waals surface area contributed by atoms with Crippen molar-refractivity contribution in [3.63, 3.8) is 0 Å². The summed E-state index contributed by atoms with van der Waals surface area (Å²) in [6, 6.07) is 4.31. The first-order chi connectivity index (χ1) is 19.7. The molecule has 2 aromatic heterocycles. The predicted molar refractivity (Wildman–Crippen MR) is 162 cm³/mol. The van der Waals surface area contributed by atoms with E-state index in [1.807, 2.05) is 26.0 Å². The molecule has 3 N–H and O–H groups in total. The number of hydrogen-bond donors (Lipinski definition) is 3. The molecule has 0 radical (unpaired) electrons. The Morgan fingerprint density at radius 2 is 1.98 bits per heavy atom. The highest BCUT2D eigenvalue weighted by Crippen LogP contribution is 2.34. The molecular formula is C29H40BrN5O5S. The Morgan fingerprint density at radius 3 is 2.71 bits per heavy atom. The molecule has 3 heterocycles. The van der Waals surface area contributed by atoms with E-state index in [1.54, 1.807) is 19.4 Å². The molecule has 1 saturated carbocycles. The van der Waals surface area contributed by atoms with Crippen LogP contribution >= 0.6 is 27.3 Å². The Morgan fingerprint density at radius 1 is 1.20 bits per heavy atom. The molecule has 2 atom stereocenters. The topological polar surface area (TPSA) is 122 Å². The molecule has 1 fully saturated rings. The first kappa shape index (κ1) is 31.2. The summed E-state index contributed by atoms with van der Waals surface area (Å²) in [5.74, 6) is -0.0203. The van der Waals surface area contributed by atoms with Crippen molar-refractivity contribution >= 4 is 50.7 Å². The molecule has 10 nitrogen and oxygen atoms in total. The van der Waals surface area contributed by atoms with Gasteiger partial charge in [0.15, 0.2) is 0 Å². The SMILES string of the molecule is COCCNC(=O)[C@H](NC(=O)[C@H](CC1CCCC1)NC(=O)c1ccc(CN2CCOc3ncc(Br)cc32)s1)C(C)C. The molecule has 12 heteroatoms. The number of carbonyl (C=O) groups excluding carboxylic acids is 3. The van der Waals surface area contributed by atoms with Gasteiger partial charge >= 0.3 is 0 Å². The van der Waals surface area contributed by atoms with E-state index in [0.29, 0.717) is 55.9 Å². The molecule has 0 bridgehead atoms. The van der Waals surface area contributed by atoms with Crippen LogP contribution in [-0.4, -0.2) is 68.2 Å². The minimum absolute atomic E-state index is 0.120. The molecule has 0 spiro atoms. The summed E-state index contributed by atoms with van der Waals surface area (Å²) in [7, 11) is 1.57. The van der Waals surface area contributed by atoms with Crippen molar-refractivity contribution < 1.29 is 23.9 Å². The van der Waals surface area contributed by atoms with Gasteiger partial charge in [-0.15, -0.1) is 11.3 Å². The normalized spacial score (nSPS) is 16.6. The third kappa shape index (κ3) is 8.65.